The average molecular weight is 260 g/mol. The Hall–Kier alpha value is -1.11. The van der Waals surface area contributed by atoms with E-state index in [0.29, 0.717) is 12.2 Å². The van der Waals surface area contributed by atoms with Gasteiger partial charge in [-0.15, -0.1) is 0 Å². The van der Waals surface area contributed by atoms with Crippen LogP contribution in [0.3, 0.4) is 0 Å². The van der Waals surface area contributed by atoms with Crippen molar-refractivity contribution in [2.45, 2.75) is 65.7 Å². The van der Waals surface area contributed by atoms with Crippen molar-refractivity contribution in [3.8, 4) is 0 Å². The topological polar surface area (TPSA) is 17.1 Å². The molecule has 1 unspecified atom stereocenters. The molecular formula is C18H28O. The Morgan fingerprint density at radius 3 is 2.26 bits per heavy atom. The maximum Gasteiger partial charge on any atom is 0.129 e. The predicted molar refractivity (Wildman–Crippen MR) is 82.5 cm³/mol. The van der Waals surface area contributed by atoms with Gasteiger partial charge in [0, 0.05) is 6.42 Å². The minimum absolute atomic E-state index is 0.293. The Morgan fingerprint density at radius 1 is 1.11 bits per heavy atom. The molecule has 0 saturated heterocycles. The smallest absolute Gasteiger partial charge is 0.129 e. The Balaban J connectivity index is 2.44. The minimum Gasteiger partial charge on any atom is -0.300 e. The minimum atomic E-state index is 0.293. The number of hydrogen-bond donors (Lipinski definition) is 0. The van der Waals surface area contributed by atoms with E-state index in [9.17, 15) is 4.79 Å². The number of ketones is 1. The zero-order chi connectivity index (χ0) is 14.1. The van der Waals surface area contributed by atoms with Crippen LogP contribution in [0.15, 0.2) is 24.3 Å². The summed E-state index contributed by atoms with van der Waals surface area (Å²) in [5.41, 5.74) is 2.81. The summed E-state index contributed by atoms with van der Waals surface area (Å²) < 4.78 is 0. The Kier molecular flexibility index (Phi) is 7.47. The van der Waals surface area contributed by atoms with Crippen LogP contribution >= 0.6 is 0 Å². The third-order valence-corrected chi connectivity index (χ3v) is 3.82. The predicted octanol–water partition coefficient (Wildman–Crippen LogP) is 4.97. The zero-order valence-electron chi connectivity index (χ0n) is 12.7. The van der Waals surface area contributed by atoms with E-state index < -0.39 is 0 Å². The van der Waals surface area contributed by atoms with E-state index in [4.69, 9.17) is 0 Å². The van der Waals surface area contributed by atoms with E-state index in [-0.39, 0.29) is 0 Å². The van der Waals surface area contributed by atoms with E-state index in [1.807, 2.05) is 0 Å². The van der Waals surface area contributed by atoms with Crippen molar-refractivity contribution in [3.63, 3.8) is 0 Å². The lowest BCUT2D eigenvalue weighted by Gasteiger charge is -2.14. The molecule has 19 heavy (non-hydrogen) atoms. The van der Waals surface area contributed by atoms with Gasteiger partial charge in [-0.3, -0.25) is 0 Å². The average Bonchev–Trinajstić information content (AvgIpc) is 2.39. The van der Waals surface area contributed by atoms with Crippen molar-refractivity contribution in [3.05, 3.63) is 35.4 Å². The third-order valence-electron chi connectivity index (χ3n) is 3.82. The quantitative estimate of drug-likeness (QED) is 0.613. The molecule has 0 aliphatic carbocycles. The maximum atomic E-state index is 10.9. The summed E-state index contributed by atoms with van der Waals surface area (Å²) in [5, 5.41) is 0. The van der Waals surface area contributed by atoms with Gasteiger partial charge in [-0.2, -0.15) is 0 Å². The van der Waals surface area contributed by atoms with Gasteiger partial charge in [0.1, 0.15) is 5.78 Å². The van der Waals surface area contributed by atoms with E-state index >= 15 is 0 Å². The van der Waals surface area contributed by atoms with Gasteiger partial charge in [-0.05, 0) is 43.2 Å². The lowest BCUT2D eigenvalue weighted by molar-refractivity contribution is -0.117. The fourth-order valence-electron chi connectivity index (χ4n) is 2.58. The van der Waals surface area contributed by atoms with Crippen LogP contribution in [0.25, 0.3) is 0 Å². The highest BCUT2D eigenvalue weighted by Gasteiger charge is 2.06. The summed E-state index contributed by atoms with van der Waals surface area (Å²) in [6.07, 6.45) is 7.79. The van der Waals surface area contributed by atoms with Gasteiger partial charge >= 0.3 is 0 Å². The second-order valence-corrected chi connectivity index (χ2v) is 5.64. The Labute approximate surface area is 118 Å². The van der Waals surface area contributed by atoms with Gasteiger partial charge in [-0.1, -0.05) is 57.4 Å². The summed E-state index contributed by atoms with van der Waals surface area (Å²) >= 11 is 0. The molecule has 1 atom stereocenters. The third kappa shape index (κ3) is 6.56. The standard InChI is InChI=1S/C18H28O/c1-4-7-16(5-2)14-18-12-10-17(11-13-18)9-6-8-15(3)19/h10-13,16H,4-9,14H2,1-3H3. The first-order valence-electron chi connectivity index (χ1n) is 7.73. The van der Waals surface area contributed by atoms with Gasteiger partial charge in [-0.25, -0.2) is 0 Å². The largest absolute Gasteiger partial charge is 0.300 e. The van der Waals surface area contributed by atoms with E-state index in [0.717, 1.165) is 18.8 Å². The normalized spacial score (nSPS) is 12.4. The summed E-state index contributed by atoms with van der Waals surface area (Å²) in [4.78, 5) is 10.9. The van der Waals surface area contributed by atoms with Gasteiger partial charge in [0.05, 0.1) is 0 Å². The molecule has 0 spiro atoms. The fourth-order valence-corrected chi connectivity index (χ4v) is 2.58. The Morgan fingerprint density at radius 2 is 1.74 bits per heavy atom. The molecule has 106 valence electrons. The number of hydrogen-bond acceptors (Lipinski definition) is 1. The first-order chi connectivity index (χ1) is 9.15. The highest BCUT2D eigenvalue weighted by atomic mass is 16.1. The van der Waals surface area contributed by atoms with Crippen LogP contribution < -0.4 is 0 Å². The molecule has 0 aliphatic rings. The van der Waals surface area contributed by atoms with Crippen molar-refractivity contribution < 1.29 is 4.79 Å². The Bertz CT molecular complexity index is 364. The van der Waals surface area contributed by atoms with Gasteiger partial charge in [0.15, 0.2) is 0 Å². The lowest BCUT2D eigenvalue weighted by atomic mass is 9.92. The summed E-state index contributed by atoms with van der Waals surface area (Å²) in [5.74, 6) is 1.12. The highest BCUT2D eigenvalue weighted by Crippen LogP contribution is 2.18. The number of carbonyl (C=O) groups excluding carboxylic acids is 1. The summed E-state index contributed by atoms with van der Waals surface area (Å²) in [7, 11) is 0. The molecule has 0 heterocycles. The van der Waals surface area contributed by atoms with Crippen molar-refractivity contribution in [1.29, 1.82) is 0 Å². The first kappa shape index (κ1) is 15.9. The number of rotatable bonds is 9. The summed E-state index contributed by atoms with van der Waals surface area (Å²) in [6.45, 7) is 6.22. The number of aryl methyl sites for hydroxylation is 1. The monoisotopic (exact) mass is 260 g/mol. The van der Waals surface area contributed by atoms with Crippen molar-refractivity contribution in [1.82, 2.24) is 0 Å². The van der Waals surface area contributed by atoms with Crippen LogP contribution in [0.2, 0.25) is 0 Å². The number of Topliss-reactive ketones (excluding diaryl/α,β-unsaturated/α-hetero) is 1. The van der Waals surface area contributed by atoms with Crippen LogP contribution in [-0.2, 0) is 17.6 Å². The van der Waals surface area contributed by atoms with Crippen LogP contribution in [0.5, 0.6) is 0 Å². The molecule has 0 radical (unpaired) electrons. The zero-order valence-corrected chi connectivity index (χ0v) is 12.7. The molecule has 0 bridgehead atoms. The molecule has 0 N–H and O–H groups in total. The molecule has 0 aromatic heterocycles. The van der Waals surface area contributed by atoms with Crippen molar-refractivity contribution in [2.75, 3.05) is 0 Å². The molecule has 1 rings (SSSR count). The second kappa shape index (κ2) is 8.90. The molecular weight excluding hydrogens is 232 g/mol. The lowest BCUT2D eigenvalue weighted by Crippen LogP contribution is -2.03. The van der Waals surface area contributed by atoms with E-state index in [1.54, 1.807) is 6.92 Å². The summed E-state index contributed by atoms with van der Waals surface area (Å²) in [6, 6.07) is 8.99. The SMILES string of the molecule is CCCC(CC)Cc1ccc(CCCC(C)=O)cc1. The number of carbonyl (C=O) groups is 1. The molecule has 0 aliphatic heterocycles. The maximum absolute atomic E-state index is 10.9. The van der Waals surface area contributed by atoms with Crippen molar-refractivity contribution >= 4 is 5.78 Å². The molecule has 1 aromatic rings. The van der Waals surface area contributed by atoms with Crippen LogP contribution in [0.1, 0.15) is 64.0 Å². The highest BCUT2D eigenvalue weighted by molar-refractivity contribution is 5.75. The second-order valence-electron chi connectivity index (χ2n) is 5.64. The fraction of sp³-hybridized carbons (Fsp3) is 0.611. The molecule has 0 saturated carbocycles. The van der Waals surface area contributed by atoms with Crippen LogP contribution in [0, 0.1) is 5.92 Å². The van der Waals surface area contributed by atoms with Gasteiger partial charge < -0.3 is 4.79 Å². The molecule has 1 nitrogen and oxygen atoms in total. The van der Waals surface area contributed by atoms with Gasteiger partial charge in [0.2, 0.25) is 0 Å². The first-order valence-corrected chi connectivity index (χ1v) is 7.73. The van der Waals surface area contributed by atoms with E-state index in [1.165, 1.54) is 36.8 Å². The van der Waals surface area contributed by atoms with Crippen LogP contribution in [0.4, 0.5) is 0 Å². The van der Waals surface area contributed by atoms with Crippen LogP contribution in [-0.4, -0.2) is 5.78 Å². The number of benzene rings is 1. The van der Waals surface area contributed by atoms with E-state index in [2.05, 4.69) is 38.1 Å². The molecule has 1 heteroatoms. The molecule has 0 fully saturated rings. The van der Waals surface area contributed by atoms with Crippen molar-refractivity contribution in [2.24, 2.45) is 5.92 Å². The molecule has 1 aromatic carbocycles. The molecule has 0 amide bonds. The van der Waals surface area contributed by atoms with Gasteiger partial charge in [0.25, 0.3) is 0 Å².